The van der Waals surface area contributed by atoms with Crippen LogP contribution in [-0.2, 0) is 35.2 Å². The van der Waals surface area contributed by atoms with E-state index in [9.17, 15) is 22.9 Å². The minimum Gasteiger partial charge on any atom is -0.497 e. The molecule has 306 valence electrons. The number of sulfonamides is 1. The molecule has 4 aromatic rings. The van der Waals surface area contributed by atoms with Crippen molar-refractivity contribution in [3.8, 4) is 23.0 Å². The topological polar surface area (TPSA) is 168 Å². The highest BCUT2D eigenvalue weighted by Crippen LogP contribution is 2.48. The lowest BCUT2D eigenvalue weighted by Gasteiger charge is -2.31. The van der Waals surface area contributed by atoms with Gasteiger partial charge in [-0.1, -0.05) is 62.4 Å². The summed E-state index contributed by atoms with van der Waals surface area (Å²) >= 11 is 0. The number of nitrogens with zero attached hydrogens (tertiary/aromatic N) is 1. The van der Waals surface area contributed by atoms with E-state index in [0.29, 0.717) is 41.6 Å². The summed E-state index contributed by atoms with van der Waals surface area (Å²) in [6.45, 7) is 4.24. The number of para-hydroxylation sites is 2. The molecule has 5 atom stereocenters. The van der Waals surface area contributed by atoms with E-state index in [2.05, 4.69) is 5.32 Å². The number of rotatable bonds is 19. The predicted molar refractivity (Wildman–Crippen MR) is 211 cm³/mol. The standard InChI is InChI=1S/C41H49N2O12PS/c1-29(2)25-43(57(47,48)35-20-18-31(49-3)19-21-35)26-38(44)37(42-41(45)53-39-27-51-40-36(39)22-23-50-40)24-30-14-16-32(17-15-30)52-28-56(46,54-33-10-6-4-7-11-33)55-34-12-8-5-9-13-34/h4-21,29,36-40,44H,22-28H2,1-3H3,(H,42,45)/t36-,37-,38+,39-,40+/m0/s1. The minimum atomic E-state index is -4.06. The lowest BCUT2D eigenvalue weighted by atomic mass is 10.0. The van der Waals surface area contributed by atoms with Crippen LogP contribution < -0.4 is 23.8 Å². The highest BCUT2D eigenvalue weighted by molar-refractivity contribution is 7.89. The van der Waals surface area contributed by atoms with Gasteiger partial charge in [-0.25, -0.2) is 17.8 Å². The number of nitrogens with one attached hydrogen (secondary N) is 1. The molecule has 2 heterocycles. The summed E-state index contributed by atoms with van der Waals surface area (Å²) in [5, 5.41) is 14.5. The van der Waals surface area contributed by atoms with Crippen LogP contribution in [0.4, 0.5) is 4.79 Å². The molecule has 2 N–H and O–H groups in total. The summed E-state index contributed by atoms with van der Waals surface area (Å²) in [4.78, 5) is 13.4. The number of aliphatic hydroxyl groups excluding tert-OH is 1. The van der Waals surface area contributed by atoms with Crippen LogP contribution in [0.25, 0.3) is 0 Å². The monoisotopic (exact) mass is 824 g/mol. The third kappa shape index (κ3) is 11.5. The van der Waals surface area contributed by atoms with E-state index < -0.39 is 54.6 Å². The number of benzene rings is 4. The number of hydrogen-bond acceptors (Lipinski definition) is 12. The summed E-state index contributed by atoms with van der Waals surface area (Å²) in [6.07, 6.45) is -2.73. The molecule has 0 aromatic heterocycles. The molecule has 1 amide bonds. The molecule has 2 saturated heterocycles. The Hall–Kier alpha value is -4.63. The van der Waals surface area contributed by atoms with E-state index in [4.69, 9.17) is 32.7 Å². The average Bonchev–Trinajstić information content (AvgIpc) is 3.83. The van der Waals surface area contributed by atoms with Crippen LogP contribution in [0.1, 0.15) is 25.8 Å². The lowest BCUT2D eigenvalue weighted by Crippen LogP contribution is -2.51. The van der Waals surface area contributed by atoms with Crippen molar-refractivity contribution in [3.05, 3.63) is 115 Å². The Morgan fingerprint density at radius 2 is 1.47 bits per heavy atom. The number of amides is 1. The summed E-state index contributed by atoms with van der Waals surface area (Å²) in [5.74, 6) is 1.39. The van der Waals surface area contributed by atoms with E-state index in [1.165, 1.54) is 23.5 Å². The number of alkyl carbamates (subject to hydrolysis) is 1. The van der Waals surface area contributed by atoms with Crippen molar-refractivity contribution in [2.75, 3.05) is 39.8 Å². The second kappa shape index (κ2) is 19.2. The first-order valence-corrected chi connectivity index (χ1v) is 21.9. The fourth-order valence-electron chi connectivity index (χ4n) is 6.55. The van der Waals surface area contributed by atoms with E-state index in [0.717, 1.165) is 0 Å². The van der Waals surface area contributed by atoms with Crippen molar-refractivity contribution in [2.24, 2.45) is 11.8 Å². The van der Waals surface area contributed by atoms with Crippen LogP contribution >= 0.6 is 7.60 Å². The molecule has 2 aliphatic rings. The van der Waals surface area contributed by atoms with E-state index in [-0.39, 0.29) is 42.8 Å². The lowest BCUT2D eigenvalue weighted by molar-refractivity contribution is -0.0907. The zero-order chi connectivity index (χ0) is 40.4. The first-order chi connectivity index (χ1) is 27.4. The molecule has 0 bridgehead atoms. The smallest absolute Gasteiger partial charge is 0.468 e. The van der Waals surface area contributed by atoms with Gasteiger partial charge in [0.05, 0.1) is 43.3 Å². The molecule has 0 spiro atoms. The van der Waals surface area contributed by atoms with Gasteiger partial charge in [0, 0.05) is 13.1 Å². The van der Waals surface area contributed by atoms with Crippen molar-refractivity contribution in [1.82, 2.24) is 9.62 Å². The van der Waals surface area contributed by atoms with E-state index in [1.54, 1.807) is 84.9 Å². The molecule has 0 radical (unpaired) electrons. The fraction of sp³-hybridized carbons (Fsp3) is 0.390. The Morgan fingerprint density at radius 3 is 2.07 bits per heavy atom. The third-order valence-electron chi connectivity index (χ3n) is 9.41. The molecule has 57 heavy (non-hydrogen) atoms. The summed E-state index contributed by atoms with van der Waals surface area (Å²) in [7, 11) is -6.44. The van der Waals surface area contributed by atoms with Crippen molar-refractivity contribution in [3.63, 3.8) is 0 Å². The zero-order valence-electron chi connectivity index (χ0n) is 32.0. The van der Waals surface area contributed by atoms with Crippen molar-refractivity contribution in [1.29, 1.82) is 0 Å². The second-order valence-electron chi connectivity index (χ2n) is 14.2. The van der Waals surface area contributed by atoms with Crippen LogP contribution in [0.15, 0.2) is 114 Å². The summed E-state index contributed by atoms with van der Waals surface area (Å²) in [5.41, 5.74) is 0.679. The molecule has 0 unspecified atom stereocenters. The van der Waals surface area contributed by atoms with Gasteiger partial charge in [0.15, 0.2) is 6.29 Å². The molecule has 2 aliphatic heterocycles. The van der Waals surface area contributed by atoms with Crippen molar-refractivity contribution >= 4 is 23.7 Å². The largest absolute Gasteiger partial charge is 0.497 e. The SMILES string of the molecule is COc1ccc(S(=O)(=O)N(CC(C)C)C[C@@H](O)[C@H](Cc2ccc(OCP(=O)(Oc3ccccc3)Oc3ccccc3)cc2)NC(=O)O[C@H]2CO[C@H]3OCC[C@H]32)cc1. The van der Waals surface area contributed by atoms with Gasteiger partial charge in [-0.15, -0.1) is 0 Å². The number of ether oxygens (including phenoxy) is 5. The Labute approximate surface area is 333 Å². The molecule has 16 heteroatoms. The van der Waals surface area contributed by atoms with Gasteiger partial charge in [0.1, 0.15) is 29.1 Å². The van der Waals surface area contributed by atoms with Crippen molar-refractivity contribution < 1.29 is 55.6 Å². The molecule has 4 aromatic carbocycles. The number of carbonyl (C=O) groups excluding carboxylic acids is 1. The highest BCUT2D eigenvalue weighted by Gasteiger charge is 2.44. The Morgan fingerprint density at radius 1 is 0.860 bits per heavy atom. The normalized spacial score (nSPS) is 19.1. The second-order valence-corrected chi connectivity index (χ2v) is 18.0. The van der Waals surface area contributed by atoms with Crippen LogP contribution in [-0.4, -0.2) is 88.2 Å². The number of aliphatic hydroxyl groups is 1. The van der Waals surface area contributed by atoms with Gasteiger partial charge in [-0.05, 0) is 85.0 Å². The summed E-state index contributed by atoms with van der Waals surface area (Å²) in [6, 6.07) is 29.1. The highest BCUT2D eigenvalue weighted by atomic mass is 32.2. The summed E-state index contributed by atoms with van der Waals surface area (Å²) < 4.78 is 82.7. The number of methoxy groups -OCH3 is 1. The average molecular weight is 825 g/mol. The maximum atomic E-state index is 13.9. The maximum Gasteiger partial charge on any atom is 0.468 e. The Balaban J connectivity index is 1.18. The molecule has 0 saturated carbocycles. The maximum absolute atomic E-state index is 13.9. The number of carbonyl (C=O) groups is 1. The molecular weight excluding hydrogens is 775 g/mol. The van der Waals surface area contributed by atoms with Gasteiger partial charge < -0.3 is 43.2 Å². The van der Waals surface area contributed by atoms with Gasteiger partial charge in [-0.2, -0.15) is 4.31 Å². The number of hydrogen-bond donors (Lipinski definition) is 2. The van der Waals surface area contributed by atoms with Gasteiger partial charge >= 0.3 is 13.7 Å². The van der Waals surface area contributed by atoms with Gasteiger partial charge in [0.25, 0.3) is 0 Å². The predicted octanol–water partition coefficient (Wildman–Crippen LogP) is 6.49. The molecular formula is C41H49N2O12PS. The van der Waals surface area contributed by atoms with Gasteiger partial charge in [0.2, 0.25) is 16.4 Å². The fourth-order valence-corrected chi connectivity index (χ4v) is 9.51. The van der Waals surface area contributed by atoms with Crippen LogP contribution in [0.5, 0.6) is 23.0 Å². The van der Waals surface area contributed by atoms with Crippen molar-refractivity contribution in [2.45, 2.75) is 56.1 Å². The first kappa shape index (κ1) is 42.0. The van der Waals surface area contributed by atoms with Crippen LogP contribution in [0.2, 0.25) is 0 Å². The van der Waals surface area contributed by atoms with E-state index in [1.807, 2.05) is 26.0 Å². The molecule has 6 rings (SSSR count). The molecule has 2 fully saturated rings. The zero-order valence-corrected chi connectivity index (χ0v) is 33.8. The van der Waals surface area contributed by atoms with Crippen LogP contribution in [0, 0.1) is 11.8 Å². The van der Waals surface area contributed by atoms with Gasteiger partial charge in [-0.3, -0.25) is 0 Å². The third-order valence-corrected chi connectivity index (χ3v) is 12.7. The Bertz CT molecular complexity index is 1990. The molecule has 14 nitrogen and oxygen atoms in total. The van der Waals surface area contributed by atoms with Crippen LogP contribution in [0.3, 0.4) is 0 Å². The Kier molecular flexibility index (Phi) is 14.2. The quantitative estimate of drug-likeness (QED) is 0.0989. The number of fused-ring (bicyclic) bond motifs is 1. The molecule has 0 aliphatic carbocycles. The first-order valence-electron chi connectivity index (χ1n) is 18.7. The van der Waals surface area contributed by atoms with E-state index >= 15 is 0 Å². The minimum absolute atomic E-state index is 0.0399.